The van der Waals surface area contributed by atoms with Gasteiger partial charge >= 0.3 is 0 Å². The molecular formula is C12H23ClN2O. The molecular weight excluding hydrogens is 224 g/mol. The Kier molecular flexibility index (Phi) is 4.89. The number of hydrogen-bond donors (Lipinski definition) is 1. The molecule has 0 aromatic rings. The maximum Gasteiger partial charge on any atom is 0.0802 e. The van der Waals surface area contributed by atoms with E-state index in [2.05, 4.69) is 9.80 Å². The van der Waals surface area contributed by atoms with Crippen LogP contribution in [-0.2, 0) is 0 Å². The molecule has 2 saturated heterocycles. The largest absolute Gasteiger partial charge is 0.391 e. The van der Waals surface area contributed by atoms with E-state index in [9.17, 15) is 5.11 Å². The third-order valence-electron chi connectivity index (χ3n) is 3.80. The summed E-state index contributed by atoms with van der Waals surface area (Å²) in [6.45, 7) is 5.53. The van der Waals surface area contributed by atoms with Crippen molar-refractivity contribution in [2.24, 2.45) is 0 Å². The van der Waals surface area contributed by atoms with Crippen LogP contribution < -0.4 is 0 Å². The number of likely N-dealkylation sites (tertiary alicyclic amines) is 2. The van der Waals surface area contributed by atoms with Crippen LogP contribution in [0.3, 0.4) is 0 Å². The number of alkyl halides is 1. The van der Waals surface area contributed by atoms with Gasteiger partial charge in [-0.3, -0.25) is 9.80 Å². The fraction of sp³-hybridized carbons (Fsp3) is 1.00. The number of piperidine rings is 1. The lowest BCUT2D eigenvalue weighted by molar-refractivity contribution is 0.127. The SMILES string of the molecule is OC(CCl)CN1CCC(N2CCCCC2)C1. The number of aliphatic hydroxyl groups is 1. The highest BCUT2D eigenvalue weighted by Crippen LogP contribution is 2.20. The molecule has 0 saturated carbocycles. The van der Waals surface area contributed by atoms with Crippen LogP contribution in [0.5, 0.6) is 0 Å². The quantitative estimate of drug-likeness (QED) is 0.754. The smallest absolute Gasteiger partial charge is 0.0802 e. The van der Waals surface area contributed by atoms with Gasteiger partial charge in [-0.05, 0) is 38.9 Å². The van der Waals surface area contributed by atoms with Gasteiger partial charge in [0.15, 0.2) is 0 Å². The molecule has 0 aromatic carbocycles. The lowest BCUT2D eigenvalue weighted by Gasteiger charge is -2.32. The van der Waals surface area contributed by atoms with E-state index in [1.54, 1.807) is 0 Å². The van der Waals surface area contributed by atoms with Gasteiger partial charge in [-0.25, -0.2) is 0 Å². The van der Waals surface area contributed by atoms with Crippen molar-refractivity contribution >= 4 is 11.6 Å². The van der Waals surface area contributed by atoms with E-state index in [4.69, 9.17) is 11.6 Å². The van der Waals surface area contributed by atoms with Crippen molar-refractivity contribution in [2.45, 2.75) is 37.8 Å². The zero-order chi connectivity index (χ0) is 11.4. The number of rotatable bonds is 4. The summed E-state index contributed by atoms with van der Waals surface area (Å²) < 4.78 is 0. The van der Waals surface area contributed by atoms with E-state index in [1.807, 2.05) is 0 Å². The summed E-state index contributed by atoms with van der Waals surface area (Å²) in [6, 6.07) is 0.725. The lowest BCUT2D eigenvalue weighted by atomic mass is 10.1. The average molecular weight is 247 g/mol. The van der Waals surface area contributed by atoms with Crippen molar-refractivity contribution in [3.05, 3.63) is 0 Å². The lowest BCUT2D eigenvalue weighted by Crippen LogP contribution is -2.41. The highest BCUT2D eigenvalue weighted by atomic mass is 35.5. The van der Waals surface area contributed by atoms with Crippen molar-refractivity contribution in [3.8, 4) is 0 Å². The maximum atomic E-state index is 9.53. The highest BCUT2D eigenvalue weighted by molar-refractivity contribution is 6.18. The second kappa shape index (κ2) is 6.20. The molecule has 2 aliphatic rings. The second-order valence-corrected chi connectivity index (χ2v) is 5.42. The van der Waals surface area contributed by atoms with Gasteiger partial charge in [0.05, 0.1) is 6.10 Å². The molecule has 2 heterocycles. The third kappa shape index (κ3) is 3.33. The predicted molar refractivity (Wildman–Crippen MR) is 67.0 cm³/mol. The predicted octanol–water partition coefficient (Wildman–Crippen LogP) is 1.15. The minimum absolute atomic E-state index is 0.352. The molecule has 3 nitrogen and oxygen atoms in total. The molecule has 2 fully saturated rings. The summed E-state index contributed by atoms with van der Waals surface area (Å²) in [7, 11) is 0. The molecule has 2 rings (SSSR count). The summed E-state index contributed by atoms with van der Waals surface area (Å²) in [5.74, 6) is 0.352. The highest BCUT2D eigenvalue weighted by Gasteiger charge is 2.28. The standard InChI is InChI=1S/C12H23ClN2O/c13-8-12(16)10-14-7-4-11(9-14)15-5-2-1-3-6-15/h11-12,16H,1-10H2. The molecule has 0 radical (unpaired) electrons. The molecule has 2 unspecified atom stereocenters. The topological polar surface area (TPSA) is 26.7 Å². The van der Waals surface area contributed by atoms with Gasteiger partial charge in [0, 0.05) is 25.0 Å². The number of nitrogens with zero attached hydrogens (tertiary/aromatic N) is 2. The van der Waals surface area contributed by atoms with Gasteiger partial charge in [0.1, 0.15) is 0 Å². The number of aliphatic hydroxyl groups excluding tert-OH is 1. The molecule has 0 bridgehead atoms. The van der Waals surface area contributed by atoms with Crippen LogP contribution in [0.15, 0.2) is 0 Å². The van der Waals surface area contributed by atoms with E-state index in [0.29, 0.717) is 5.88 Å². The summed E-state index contributed by atoms with van der Waals surface area (Å²) in [4.78, 5) is 4.99. The number of hydrogen-bond acceptors (Lipinski definition) is 3. The van der Waals surface area contributed by atoms with Crippen molar-refractivity contribution in [1.82, 2.24) is 9.80 Å². The van der Waals surface area contributed by atoms with Crippen LogP contribution in [-0.4, -0.2) is 65.7 Å². The Hall–Kier alpha value is 0.170. The molecule has 94 valence electrons. The molecule has 16 heavy (non-hydrogen) atoms. The molecule has 2 aliphatic heterocycles. The second-order valence-electron chi connectivity index (χ2n) is 5.11. The molecule has 0 amide bonds. The zero-order valence-electron chi connectivity index (χ0n) is 9.95. The molecule has 0 aromatic heterocycles. The van der Waals surface area contributed by atoms with E-state index in [1.165, 1.54) is 38.8 Å². The van der Waals surface area contributed by atoms with Crippen LogP contribution in [0.2, 0.25) is 0 Å². The van der Waals surface area contributed by atoms with Crippen molar-refractivity contribution in [1.29, 1.82) is 0 Å². The van der Waals surface area contributed by atoms with Crippen molar-refractivity contribution < 1.29 is 5.11 Å². The number of halogens is 1. The van der Waals surface area contributed by atoms with E-state index in [0.717, 1.165) is 25.7 Å². The minimum Gasteiger partial charge on any atom is -0.391 e. The fourth-order valence-electron chi connectivity index (χ4n) is 2.91. The first-order chi connectivity index (χ1) is 7.79. The maximum absolute atomic E-state index is 9.53. The molecule has 4 heteroatoms. The van der Waals surface area contributed by atoms with Crippen molar-refractivity contribution in [2.75, 3.05) is 38.6 Å². The Morgan fingerprint density at radius 1 is 1.19 bits per heavy atom. The van der Waals surface area contributed by atoms with Gasteiger partial charge in [0.2, 0.25) is 0 Å². The molecule has 2 atom stereocenters. The summed E-state index contributed by atoms with van der Waals surface area (Å²) in [6.07, 6.45) is 5.02. The van der Waals surface area contributed by atoms with Crippen molar-refractivity contribution in [3.63, 3.8) is 0 Å². The normalized spacial score (nSPS) is 30.8. The van der Waals surface area contributed by atoms with E-state index < -0.39 is 0 Å². The first kappa shape index (κ1) is 12.6. The Labute approximate surface area is 103 Å². The van der Waals surface area contributed by atoms with E-state index in [-0.39, 0.29) is 6.10 Å². The van der Waals surface area contributed by atoms with Crippen LogP contribution in [0.4, 0.5) is 0 Å². The monoisotopic (exact) mass is 246 g/mol. The fourth-order valence-corrected chi connectivity index (χ4v) is 3.00. The van der Waals surface area contributed by atoms with Gasteiger partial charge in [0.25, 0.3) is 0 Å². The minimum atomic E-state index is -0.359. The van der Waals surface area contributed by atoms with E-state index >= 15 is 0 Å². The Bertz CT molecular complexity index is 209. The van der Waals surface area contributed by atoms with Gasteiger partial charge < -0.3 is 5.11 Å². The molecule has 1 N–H and O–H groups in total. The first-order valence-electron chi connectivity index (χ1n) is 6.50. The van der Waals surface area contributed by atoms with Crippen LogP contribution in [0, 0.1) is 0 Å². The van der Waals surface area contributed by atoms with Gasteiger partial charge in [-0.2, -0.15) is 0 Å². The third-order valence-corrected chi connectivity index (χ3v) is 4.16. The van der Waals surface area contributed by atoms with Gasteiger partial charge in [-0.1, -0.05) is 6.42 Å². The molecule has 0 aliphatic carbocycles. The van der Waals surface area contributed by atoms with Crippen LogP contribution >= 0.6 is 11.6 Å². The Morgan fingerprint density at radius 3 is 2.62 bits per heavy atom. The van der Waals surface area contributed by atoms with Crippen LogP contribution in [0.25, 0.3) is 0 Å². The van der Waals surface area contributed by atoms with Crippen LogP contribution in [0.1, 0.15) is 25.7 Å². The average Bonchev–Trinajstić information content (AvgIpc) is 2.78. The van der Waals surface area contributed by atoms with Gasteiger partial charge in [-0.15, -0.1) is 11.6 Å². The Balaban J connectivity index is 1.74. The number of β-amino-alcohol motifs (C(OH)–C–C–N with tert-alkyl or cyclic N) is 1. The zero-order valence-corrected chi connectivity index (χ0v) is 10.7. The molecule has 0 spiro atoms. The summed E-state index contributed by atoms with van der Waals surface area (Å²) in [5.41, 5.74) is 0. The summed E-state index contributed by atoms with van der Waals surface area (Å²) in [5, 5.41) is 9.53. The first-order valence-corrected chi connectivity index (χ1v) is 7.03. The Morgan fingerprint density at radius 2 is 1.94 bits per heavy atom. The summed E-state index contributed by atoms with van der Waals surface area (Å²) >= 11 is 5.63.